The molecule has 0 saturated carbocycles. The van der Waals surface area contributed by atoms with E-state index in [1.807, 2.05) is 72.8 Å². The van der Waals surface area contributed by atoms with Gasteiger partial charge in [0.05, 0.1) is 11.1 Å². The minimum absolute atomic E-state index is 0.251. The number of benzene rings is 4. The highest BCUT2D eigenvalue weighted by Gasteiger charge is 2.17. The normalized spacial score (nSPS) is 10.6. The Morgan fingerprint density at radius 1 is 0.469 bits per heavy atom. The zero-order chi connectivity index (χ0) is 22.5. The number of aromatic carboxylic acids is 2. The van der Waals surface area contributed by atoms with Crippen LogP contribution >= 0.6 is 21.6 Å². The largest absolute Gasteiger partial charge is 0.478 e. The number of carbonyl (C=O) groups is 2. The first-order chi connectivity index (χ1) is 15.6. The fourth-order valence-electron chi connectivity index (χ4n) is 3.42. The van der Waals surface area contributed by atoms with E-state index in [2.05, 4.69) is 0 Å². The van der Waals surface area contributed by atoms with Crippen LogP contribution in [0.5, 0.6) is 0 Å². The highest BCUT2D eigenvalue weighted by atomic mass is 33.1. The fourth-order valence-corrected chi connectivity index (χ4v) is 5.82. The Morgan fingerprint density at radius 2 is 0.781 bits per heavy atom. The summed E-state index contributed by atoms with van der Waals surface area (Å²) in [5.41, 5.74) is 3.50. The van der Waals surface area contributed by atoms with E-state index in [1.165, 1.54) is 21.6 Å². The predicted molar refractivity (Wildman–Crippen MR) is 129 cm³/mol. The third-order valence-electron chi connectivity index (χ3n) is 4.89. The Bertz CT molecular complexity index is 1200. The van der Waals surface area contributed by atoms with Gasteiger partial charge in [-0.25, -0.2) is 9.59 Å². The SMILES string of the molecule is O=C(O)c1ccccc1-c1ccccc1SSc1ccccc1-c1ccccc1C(=O)O. The maximum atomic E-state index is 11.7. The van der Waals surface area contributed by atoms with Gasteiger partial charge < -0.3 is 10.2 Å². The lowest BCUT2D eigenvalue weighted by atomic mass is 10.00. The molecule has 0 atom stereocenters. The van der Waals surface area contributed by atoms with Crippen molar-refractivity contribution in [2.45, 2.75) is 9.79 Å². The molecular weight excluding hydrogens is 440 g/mol. The molecule has 0 spiro atoms. The lowest BCUT2D eigenvalue weighted by Crippen LogP contribution is -1.99. The van der Waals surface area contributed by atoms with E-state index < -0.39 is 11.9 Å². The average molecular weight is 459 g/mol. The van der Waals surface area contributed by atoms with Gasteiger partial charge in [-0.1, -0.05) is 94.4 Å². The molecule has 158 valence electrons. The van der Waals surface area contributed by atoms with Gasteiger partial charge in [0.25, 0.3) is 0 Å². The van der Waals surface area contributed by atoms with Gasteiger partial charge in [0.15, 0.2) is 0 Å². The molecule has 0 saturated heterocycles. The Kier molecular flexibility index (Phi) is 6.63. The first-order valence-electron chi connectivity index (χ1n) is 9.74. The number of carboxylic acid groups (broad SMARTS) is 2. The van der Waals surface area contributed by atoms with Crippen molar-refractivity contribution >= 4 is 33.5 Å². The molecule has 0 aliphatic rings. The molecule has 4 aromatic carbocycles. The van der Waals surface area contributed by atoms with Crippen LogP contribution in [-0.4, -0.2) is 22.2 Å². The molecule has 0 unspecified atom stereocenters. The molecule has 4 aromatic rings. The minimum atomic E-state index is -0.969. The first-order valence-corrected chi connectivity index (χ1v) is 11.9. The second-order valence-corrected chi connectivity index (χ2v) is 9.07. The van der Waals surface area contributed by atoms with Gasteiger partial charge in [-0.2, -0.15) is 0 Å². The van der Waals surface area contributed by atoms with Crippen LogP contribution in [-0.2, 0) is 0 Å². The van der Waals surface area contributed by atoms with Gasteiger partial charge in [-0.05, 0) is 46.5 Å². The highest BCUT2D eigenvalue weighted by Crippen LogP contribution is 2.45. The number of carboxylic acids is 2. The summed E-state index contributed by atoms with van der Waals surface area (Å²) in [7, 11) is 3.03. The van der Waals surface area contributed by atoms with Crippen LogP contribution in [0.3, 0.4) is 0 Å². The Labute approximate surface area is 193 Å². The smallest absolute Gasteiger partial charge is 0.336 e. The van der Waals surface area contributed by atoms with Crippen LogP contribution in [0.2, 0.25) is 0 Å². The summed E-state index contributed by atoms with van der Waals surface area (Å²) in [6, 6.07) is 29.3. The van der Waals surface area contributed by atoms with Gasteiger partial charge in [-0.3, -0.25) is 0 Å². The zero-order valence-corrected chi connectivity index (χ0v) is 18.4. The molecule has 4 nitrogen and oxygen atoms in total. The molecule has 32 heavy (non-hydrogen) atoms. The Hall–Kier alpha value is -3.48. The lowest BCUT2D eigenvalue weighted by molar-refractivity contribution is 0.0687. The van der Waals surface area contributed by atoms with E-state index >= 15 is 0 Å². The lowest BCUT2D eigenvalue weighted by Gasteiger charge is -2.14. The molecule has 6 heteroatoms. The van der Waals surface area contributed by atoms with E-state index in [9.17, 15) is 19.8 Å². The van der Waals surface area contributed by atoms with Crippen LogP contribution in [0.15, 0.2) is 107 Å². The molecular formula is C26H18O4S2. The maximum absolute atomic E-state index is 11.7. The van der Waals surface area contributed by atoms with Crippen molar-refractivity contribution < 1.29 is 19.8 Å². The van der Waals surface area contributed by atoms with Crippen LogP contribution in [0, 0.1) is 0 Å². The number of hydrogen-bond donors (Lipinski definition) is 2. The van der Waals surface area contributed by atoms with Crippen molar-refractivity contribution in [3.63, 3.8) is 0 Å². The molecule has 0 aliphatic carbocycles. The van der Waals surface area contributed by atoms with Crippen LogP contribution in [0.1, 0.15) is 20.7 Å². The van der Waals surface area contributed by atoms with Crippen LogP contribution in [0.25, 0.3) is 22.3 Å². The second-order valence-electron chi connectivity index (χ2n) is 6.86. The van der Waals surface area contributed by atoms with Crippen molar-refractivity contribution in [1.29, 1.82) is 0 Å². The van der Waals surface area contributed by atoms with Gasteiger partial charge in [0.2, 0.25) is 0 Å². The van der Waals surface area contributed by atoms with Gasteiger partial charge in [0, 0.05) is 9.79 Å². The molecule has 0 amide bonds. The molecule has 0 fully saturated rings. The van der Waals surface area contributed by atoms with E-state index in [-0.39, 0.29) is 11.1 Å². The number of hydrogen-bond acceptors (Lipinski definition) is 4. The van der Waals surface area contributed by atoms with E-state index in [0.29, 0.717) is 11.1 Å². The van der Waals surface area contributed by atoms with Crippen molar-refractivity contribution in [3.8, 4) is 22.3 Å². The summed E-state index contributed by atoms with van der Waals surface area (Å²) in [5.74, 6) is -1.94. The summed E-state index contributed by atoms with van der Waals surface area (Å²) >= 11 is 0. The fraction of sp³-hybridized carbons (Fsp3) is 0. The standard InChI is InChI=1S/C26H18O4S2/c27-25(28)21-13-3-1-9-17(21)19-11-5-7-15-23(19)31-32-24-16-8-6-12-20(24)18-10-2-4-14-22(18)26(29)30/h1-16H,(H,27,28)(H,29,30). The molecule has 2 N–H and O–H groups in total. The van der Waals surface area contributed by atoms with Crippen molar-refractivity contribution in [2.24, 2.45) is 0 Å². The number of rotatable bonds is 7. The summed E-state index contributed by atoms with van der Waals surface area (Å²) in [6.07, 6.45) is 0. The Morgan fingerprint density at radius 3 is 1.16 bits per heavy atom. The minimum Gasteiger partial charge on any atom is -0.478 e. The first kappa shape index (κ1) is 21.7. The van der Waals surface area contributed by atoms with Gasteiger partial charge in [0.1, 0.15) is 0 Å². The van der Waals surface area contributed by atoms with Crippen LogP contribution < -0.4 is 0 Å². The van der Waals surface area contributed by atoms with Crippen molar-refractivity contribution in [1.82, 2.24) is 0 Å². The second kappa shape index (κ2) is 9.77. The van der Waals surface area contributed by atoms with Gasteiger partial charge >= 0.3 is 11.9 Å². The van der Waals surface area contributed by atoms with E-state index in [4.69, 9.17) is 0 Å². The summed E-state index contributed by atoms with van der Waals surface area (Å²) in [5, 5.41) is 19.2. The third-order valence-corrected chi connectivity index (χ3v) is 7.37. The topological polar surface area (TPSA) is 74.6 Å². The summed E-state index contributed by atoms with van der Waals surface area (Å²) < 4.78 is 0. The molecule has 0 radical (unpaired) electrons. The van der Waals surface area contributed by atoms with Crippen LogP contribution in [0.4, 0.5) is 0 Å². The molecule has 0 heterocycles. The monoisotopic (exact) mass is 458 g/mol. The van der Waals surface area contributed by atoms with Crippen molar-refractivity contribution in [3.05, 3.63) is 108 Å². The third kappa shape index (κ3) is 4.56. The molecule has 0 aromatic heterocycles. The predicted octanol–water partition coefficient (Wildman–Crippen LogP) is 7.22. The van der Waals surface area contributed by atoms with E-state index in [1.54, 1.807) is 24.3 Å². The highest BCUT2D eigenvalue weighted by molar-refractivity contribution is 8.76. The Balaban J connectivity index is 1.70. The quantitative estimate of drug-likeness (QED) is 0.285. The molecule has 0 aliphatic heterocycles. The van der Waals surface area contributed by atoms with Gasteiger partial charge in [-0.15, -0.1) is 0 Å². The zero-order valence-electron chi connectivity index (χ0n) is 16.8. The summed E-state index contributed by atoms with van der Waals surface area (Å²) in [4.78, 5) is 25.3. The summed E-state index contributed by atoms with van der Waals surface area (Å²) in [6.45, 7) is 0. The van der Waals surface area contributed by atoms with Crippen molar-refractivity contribution in [2.75, 3.05) is 0 Å². The average Bonchev–Trinajstić information content (AvgIpc) is 2.83. The molecule has 4 rings (SSSR count). The van der Waals surface area contributed by atoms with E-state index in [0.717, 1.165) is 20.9 Å². The maximum Gasteiger partial charge on any atom is 0.336 e. The molecule has 0 bridgehead atoms.